The molecule has 3 heterocycles. The SMILES string of the molecule is [2H]c1nc(N(C)[C@@]2([2H])CN(C(=O)C([2H])([2H])[N+]#[C-])CC[C@@]2([2H])C([2H])([2H])[2H])c2c([2H])c[nH]c2n1. The van der Waals surface area contributed by atoms with Gasteiger partial charge in [-0.15, -0.1) is 0 Å². The minimum atomic E-state index is -2.98. The Bertz CT molecular complexity index is 1110. The molecule has 2 aromatic heterocycles. The number of aromatic amines is 1. The fraction of sp³-hybridized carbons (Fsp3) is 0.500. The van der Waals surface area contributed by atoms with E-state index in [0.717, 1.165) is 9.80 Å². The van der Waals surface area contributed by atoms with Gasteiger partial charge in [-0.3, -0.25) is 4.79 Å². The number of rotatable bonds is 3. The highest BCUT2D eigenvalue weighted by atomic mass is 16.2. The molecule has 0 radical (unpaired) electrons. The lowest BCUT2D eigenvalue weighted by Gasteiger charge is -2.41. The number of anilines is 1. The number of likely N-dealkylation sites (tertiary alicyclic amines) is 1. The molecule has 23 heavy (non-hydrogen) atoms. The maximum Gasteiger partial charge on any atom is 0.302 e. The van der Waals surface area contributed by atoms with Crippen molar-refractivity contribution in [1.82, 2.24) is 19.9 Å². The van der Waals surface area contributed by atoms with Crippen LogP contribution in [0.2, 0.25) is 0 Å². The average Bonchev–Trinajstić information content (AvgIpc) is 3.07. The number of hydrogen-bond acceptors (Lipinski definition) is 4. The lowest BCUT2D eigenvalue weighted by Crippen LogP contribution is -2.53. The van der Waals surface area contributed by atoms with Crippen molar-refractivity contribution in [2.24, 2.45) is 5.89 Å². The second-order valence-corrected chi connectivity index (χ2v) is 4.99. The van der Waals surface area contributed by atoms with Gasteiger partial charge in [-0.05, 0) is 18.4 Å². The molecule has 1 N–H and O–H groups in total. The standard InChI is InChI=1S/C16H20N6O/c1-11-5-7-22(14(23)8-17-2)9-13(11)21(3)16-12-4-6-18-15(12)19-10-20-16/h4,6,10-11,13H,5,7-9H2,1,3H3,(H,18,19,20)/t11-,13+/m1/s1/i1D3,4D,8D2,10D,11D,13D. The van der Waals surface area contributed by atoms with Crippen LogP contribution in [0.25, 0.3) is 15.9 Å². The van der Waals surface area contributed by atoms with Gasteiger partial charge in [0, 0.05) is 31.8 Å². The largest absolute Gasteiger partial charge is 0.354 e. The quantitative estimate of drug-likeness (QED) is 0.871. The van der Waals surface area contributed by atoms with E-state index in [0.29, 0.717) is 0 Å². The van der Waals surface area contributed by atoms with Gasteiger partial charge in [0.15, 0.2) is 0 Å². The average molecular weight is 321 g/mol. The molecule has 1 aliphatic rings. The molecule has 2 atom stereocenters. The van der Waals surface area contributed by atoms with E-state index in [1.807, 2.05) is 0 Å². The molecule has 0 spiro atoms. The minimum Gasteiger partial charge on any atom is -0.354 e. The fourth-order valence-electron chi connectivity index (χ4n) is 2.47. The van der Waals surface area contributed by atoms with Gasteiger partial charge in [-0.2, -0.15) is 0 Å². The van der Waals surface area contributed by atoms with E-state index in [1.165, 1.54) is 13.2 Å². The molecular formula is C16H20N6O. The van der Waals surface area contributed by atoms with E-state index in [1.54, 1.807) is 0 Å². The van der Waals surface area contributed by atoms with E-state index in [2.05, 4.69) is 19.8 Å². The highest BCUT2D eigenvalue weighted by Crippen LogP contribution is 2.28. The molecule has 120 valence electrons. The first-order valence-electron chi connectivity index (χ1n) is 11.3. The van der Waals surface area contributed by atoms with Gasteiger partial charge in [-0.1, -0.05) is 6.85 Å². The van der Waals surface area contributed by atoms with E-state index in [9.17, 15) is 4.79 Å². The first kappa shape index (κ1) is 7.77. The molecule has 7 heteroatoms. The first-order valence-corrected chi connectivity index (χ1v) is 6.83. The van der Waals surface area contributed by atoms with Crippen molar-refractivity contribution in [2.75, 3.05) is 31.5 Å². The second kappa shape index (κ2) is 6.24. The van der Waals surface area contributed by atoms with Gasteiger partial charge in [0.25, 0.3) is 6.50 Å². The van der Waals surface area contributed by atoms with Crippen LogP contribution in [0.15, 0.2) is 18.5 Å². The van der Waals surface area contributed by atoms with Crippen LogP contribution in [0.4, 0.5) is 5.82 Å². The lowest BCUT2D eigenvalue weighted by molar-refractivity contribution is -0.130. The number of piperidine rings is 1. The Kier molecular flexibility index (Phi) is 2.11. The third-order valence-corrected chi connectivity index (χ3v) is 3.69. The van der Waals surface area contributed by atoms with Crippen molar-refractivity contribution in [1.29, 1.82) is 0 Å². The molecule has 0 bridgehead atoms. The summed E-state index contributed by atoms with van der Waals surface area (Å²) in [4.78, 5) is 27.7. The number of carbonyl (C=O) groups excluding carboxylic acids is 1. The summed E-state index contributed by atoms with van der Waals surface area (Å²) >= 11 is 0. The third kappa shape index (κ3) is 2.84. The summed E-state index contributed by atoms with van der Waals surface area (Å²) in [7, 11) is 1.27. The van der Waals surface area contributed by atoms with Gasteiger partial charge in [0.2, 0.25) is 0 Å². The molecule has 0 saturated carbocycles. The molecule has 1 aliphatic heterocycles. The zero-order chi connectivity index (χ0) is 24.3. The number of nitrogens with one attached hydrogen (secondary N) is 1. The summed E-state index contributed by atoms with van der Waals surface area (Å²) in [6, 6.07) is -2.48. The topological polar surface area (TPSA) is 69.5 Å². The molecule has 1 saturated heterocycles. The van der Waals surface area contributed by atoms with E-state index >= 15 is 0 Å². The Labute approximate surface area is 147 Å². The summed E-state index contributed by atoms with van der Waals surface area (Å²) in [6.45, 7) is -0.00648. The van der Waals surface area contributed by atoms with Crippen LogP contribution in [0.5, 0.6) is 0 Å². The number of likely N-dealkylation sites (N-methyl/N-ethyl adjacent to an activating group) is 1. The predicted octanol–water partition coefficient (Wildman–Crippen LogP) is 1.55. The maximum absolute atomic E-state index is 12.6. The lowest BCUT2D eigenvalue weighted by atomic mass is 9.92. The Morgan fingerprint density at radius 3 is 3.43 bits per heavy atom. The summed E-state index contributed by atoms with van der Waals surface area (Å²) in [5.41, 5.74) is 0.109. The van der Waals surface area contributed by atoms with Gasteiger partial charge >= 0.3 is 5.91 Å². The van der Waals surface area contributed by atoms with Crippen LogP contribution < -0.4 is 4.90 Å². The van der Waals surface area contributed by atoms with E-state index in [-0.39, 0.29) is 29.4 Å². The summed E-state index contributed by atoms with van der Waals surface area (Å²) in [5, 5.41) is 0.1000. The van der Waals surface area contributed by atoms with Crippen molar-refractivity contribution in [3.8, 4) is 0 Å². The predicted molar refractivity (Wildman–Crippen MR) is 87.9 cm³/mol. The molecule has 0 unspecified atom stereocenters. The monoisotopic (exact) mass is 321 g/mol. The Hall–Kier alpha value is -2.62. The summed E-state index contributed by atoms with van der Waals surface area (Å²) in [6.07, 6.45) is 0.313. The Morgan fingerprint density at radius 2 is 2.65 bits per heavy atom. The number of nitrogens with zero attached hydrogens (tertiary/aromatic N) is 5. The van der Waals surface area contributed by atoms with Crippen LogP contribution in [0.1, 0.15) is 25.6 Å². The fourth-order valence-corrected chi connectivity index (χ4v) is 2.47. The van der Waals surface area contributed by atoms with E-state index < -0.39 is 50.4 Å². The number of carbonyl (C=O) groups is 1. The zero-order valence-electron chi connectivity index (χ0n) is 21.3. The molecule has 2 aromatic rings. The van der Waals surface area contributed by atoms with Crippen molar-refractivity contribution in [3.63, 3.8) is 0 Å². The summed E-state index contributed by atoms with van der Waals surface area (Å²) in [5.74, 6) is -3.83. The molecule has 1 amide bonds. The Balaban J connectivity index is 2.19. The molecule has 0 aromatic carbocycles. The minimum absolute atomic E-state index is 0.0806. The molecule has 1 fully saturated rings. The Morgan fingerprint density at radius 1 is 1.78 bits per heavy atom. The highest BCUT2D eigenvalue weighted by Gasteiger charge is 2.33. The van der Waals surface area contributed by atoms with Gasteiger partial charge in [-0.25, -0.2) is 16.5 Å². The number of hydrogen-bond donors (Lipinski definition) is 1. The maximum atomic E-state index is 12.6. The van der Waals surface area contributed by atoms with Crippen molar-refractivity contribution < 1.29 is 17.1 Å². The highest BCUT2D eigenvalue weighted by molar-refractivity contribution is 5.87. The van der Waals surface area contributed by atoms with Gasteiger partial charge < -0.3 is 19.6 Å². The second-order valence-electron chi connectivity index (χ2n) is 4.99. The van der Waals surface area contributed by atoms with Crippen LogP contribution in [-0.2, 0) is 4.79 Å². The number of aromatic nitrogens is 3. The van der Waals surface area contributed by atoms with Gasteiger partial charge in [0.05, 0.1) is 14.1 Å². The normalized spacial score (nSPS) is 34.4. The third-order valence-electron chi connectivity index (χ3n) is 3.69. The van der Waals surface area contributed by atoms with Crippen LogP contribution in [0.3, 0.4) is 0 Å². The van der Waals surface area contributed by atoms with Crippen molar-refractivity contribution in [3.05, 3.63) is 30.0 Å². The van der Waals surface area contributed by atoms with Gasteiger partial charge in [0.1, 0.15) is 21.9 Å². The van der Waals surface area contributed by atoms with Crippen LogP contribution in [-0.4, -0.2) is 58.4 Å². The smallest absolute Gasteiger partial charge is 0.302 e. The van der Waals surface area contributed by atoms with Crippen LogP contribution in [0, 0.1) is 12.5 Å². The van der Waals surface area contributed by atoms with Crippen molar-refractivity contribution in [2.45, 2.75) is 19.3 Å². The number of H-pyrrole nitrogens is 1. The number of amides is 1. The van der Waals surface area contributed by atoms with Crippen molar-refractivity contribution >= 4 is 22.8 Å². The number of fused-ring (bicyclic) bond motifs is 1. The molecule has 0 aliphatic carbocycles. The molecular weight excluding hydrogens is 292 g/mol. The molecule has 7 nitrogen and oxygen atoms in total. The van der Waals surface area contributed by atoms with Crippen LogP contribution >= 0.6 is 0 Å². The van der Waals surface area contributed by atoms with E-state index in [4.69, 9.17) is 18.9 Å². The zero-order valence-corrected chi connectivity index (χ0v) is 12.3. The summed E-state index contributed by atoms with van der Waals surface area (Å²) < 4.78 is 72.9. The first-order chi connectivity index (χ1) is 14.6. The molecule has 3 rings (SSSR count).